The third-order valence-electron chi connectivity index (χ3n) is 3.54. The second-order valence-electron chi connectivity index (χ2n) is 5.34. The predicted molar refractivity (Wildman–Crippen MR) is 94.1 cm³/mol. The fourth-order valence-corrected chi connectivity index (χ4v) is 2.96. The van der Waals surface area contributed by atoms with Crippen molar-refractivity contribution in [3.63, 3.8) is 0 Å². The second-order valence-corrected chi connectivity index (χ2v) is 6.29. The quantitative estimate of drug-likeness (QED) is 0.319. The van der Waals surface area contributed by atoms with E-state index in [1.54, 1.807) is 6.07 Å². The number of nitrogens with zero attached hydrogens (tertiary/aromatic N) is 2. The van der Waals surface area contributed by atoms with Gasteiger partial charge in [0.15, 0.2) is 17.3 Å². The number of hydrogen-bond acceptors (Lipinski definition) is 6. The van der Waals surface area contributed by atoms with Crippen molar-refractivity contribution in [3.05, 3.63) is 36.4 Å². The maximum absolute atomic E-state index is 10.6. The average molecular weight is 355 g/mol. The Hall–Kier alpha value is -3.20. The van der Waals surface area contributed by atoms with Crippen LogP contribution in [0.1, 0.15) is 0 Å². The first-order chi connectivity index (χ1) is 12.1. The highest BCUT2D eigenvalue weighted by atomic mass is 32.2. The Morgan fingerprint density at radius 2 is 2.08 bits per heavy atom. The Morgan fingerprint density at radius 1 is 1.24 bits per heavy atom. The van der Waals surface area contributed by atoms with E-state index in [1.807, 2.05) is 30.3 Å². The Bertz CT molecular complexity index is 1060. The number of hydrogen-bond donors (Lipinski definition) is 4. The van der Waals surface area contributed by atoms with E-state index in [4.69, 9.17) is 15.3 Å². The van der Waals surface area contributed by atoms with Gasteiger partial charge in [-0.25, -0.2) is 0 Å². The molecule has 0 spiro atoms. The molecule has 0 aliphatic heterocycles. The van der Waals surface area contributed by atoms with E-state index in [-0.39, 0.29) is 5.75 Å². The van der Waals surface area contributed by atoms with E-state index in [0.29, 0.717) is 28.2 Å². The maximum atomic E-state index is 10.6. The number of aromatic nitrogens is 4. The standard InChI is InChI=1S/C16H13N5O3S/c17-9-1-2-10-8(5-9)6-11(18-10)12-3-4-13(24-12)15-19-16(21-20-15)25-7-14(22)23/h1-6,18H,7,17H2,(H,22,23)(H,19,20,21). The molecule has 8 nitrogen and oxygen atoms in total. The number of aliphatic carboxylic acids is 1. The van der Waals surface area contributed by atoms with Crippen LogP contribution in [0.25, 0.3) is 33.9 Å². The van der Waals surface area contributed by atoms with Crippen LogP contribution in [-0.2, 0) is 4.79 Å². The molecule has 25 heavy (non-hydrogen) atoms. The minimum absolute atomic E-state index is 0.0983. The summed E-state index contributed by atoms with van der Waals surface area (Å²) in [5.74, 6) is 0.596. The van der Waals surface area contributed by atoms with Gasteiger partial charge in [-0.1, -0.05) is 11.8 Å². The number of nitrogens with two attached hydrogens (primary N) is 1. The molecule has 0 bridgehead atoms. The predicted octanol–water partition coefficient (Wildman–Crippen LogP) is 2.97. The zero-order valence-corrected chi connectivity index (χ0v) is 13.6. The molecule has 0 amide bonds. The van der Waals surface area contributed by atoms with E-state index in [1.165, 1.54) is 0 Å². The fraction of sp³-hybridized carbons (Fsp3) is 0.0625. The van der Waals surface area contributed by atoms with Crippen LogP contribution in [0.5, 0.6) is 0 Å². The molecule has 9 heteroatoms. The molecule has 0 unspecified atom stereocenters. The second kappa shape index (κ2) is 6.02. The Kier molecular flexibility index (Phi) is 3.69. The lowest BCUT2D eigenvalue weighted by molar-refractivity contribution is -0.133. The number of anilines is 1. The summed E-state index contributed by atoms with van der Waals surface area (Å²) in [5.41, 5.74) is 8.29. The Morgan fingerprint density at radius 3 is 2.92 bits per heavy atom. The molecule has 0 saturated carbocycles. The van der Waals surface area contributed by atoms with Gasteiger partial charge in [0, 0.05) is 16.6 Å². The highest BCUT2D eigenvalue weighted by Crippen LogP contribution is 2.30. The molecule has 0 fully saturated rings. The zero-order valence-electron chi connectivity index (χ0n) is 12.8. The van der Waals surface area contributed by atoms with Gasteiger partial charge < -0.3 is 20.2 Å². The van der Waals surface area contributed by atoms with Gasteiger partial charge in [-0.2, -0.15) is 4.98 Å². The number of nitrogens with one attached hydrogen (secondary N) is 2. The molecule has 0 aliphatic rings. The number of aromatic amines is 2. The minimum atomic E-state index is -0.920. The van der Waals surface area contributed by atoms with Gasteiger partial charge in [-0.05, 0) is 36.4 Å². The van der Waals surface area contributed by atoms with Crippen molar-refractivity contribution in [2.24, 2.45) is 0 Å². The number of nitrogen functional groups attached to an aromatic ring is 1. The smallest absolute Gasteiger partial charge is 0.313 e. The van der Waals surface area contributed by atoms with Crippen molar-refractivity contribution in [1.29, 1.82) is 0 Å². The first kappa shape index (κ1) is 15.3. The molecule has 1 aromatic carbocycles. The van der Waals surface area contributed by atoms with E-state index >= 15 is 0 Å². The van der Waals surface area contributed by atoms with Crippen LogP contribution in [0.2, 0.25) is 0 Å². The van der Waals surface area contributed by atoms with Crippen LogP contribution in [0, 0.1) is 0 Å². The highest BCUT2D eigenvalue weighted by Gasteiger charge is 2.13. The zero-order chi connectivity index (χ0) is 17.4. The van der Waals surface area contributed by atoms with Crippen LogP contribution in [0.4, 0.5) is 5.69 Å². The van der Waals surface area contributed by atoms with Gasteiger partial charge in [-0.3, -0.25) is 9.89 Å². The van der Waals surface area contributed by atoms with Gasteiger partial charge in [-0.15, -0.1) is 5.10 Å². The topological polar surface area (TPSA) is 134 Å². The molecule has 4 aromatic rings. The largest absolute Gasteiger partial charge is 0.481 e. The van der Waals surface area contributed by atoms with Crippen molar-refractivity contribution in [2.45, 2.75) is 5.16 Å². The number of carboxylic acid groups (broad SMARTS) is 1. The van der Waals surface area contributed by atoms with Crippen molar-refractivity contribution in [3.8, 4) is 23.0 Å². The summed E-state index contributed by atoms with van der Waals surface area (Å²) in [7, 11) is 0. The van der Waals surface area contributed by atoms with Crippen molar-refractivity contribution in [1.82, 2.24) is 20.2 Å². The number of carbonyl (C=O) groups is 1. The summed E-state index contributed by atoms with van der Waals surface area (Å²) in [6.07, 6.45) is 0. The summed E-state index contributed by atoms with van der Waals surface area (Å²) in [6.45, 7) is 0. The van der Waals surface area contributed by atoms with E-state index in [2.05, 4.69) is 20.2 Å². The molecule has 126 valence electrons. The number of benzene rings is 1. The number of fused-ring (bicyclic) bond motifs is 1. The summed E-state index contributed by atoms with van der Waals surface area (Å²) < 4.78 is 5.83. The molecule has 4 rings (SSSR count). The Labute approximate surface area is 145 Å². The fourth-order valence-electron chi connectivity index (χ4n) is 2.44. The monoisotopic (exact) mass is 355 g/mol. The van der Waals surface area contributed by atoms with Crippen LogP contribution in [0.3, 0.4) is 0 Å². The van der Waals surface area contributed by atoms with Gasteiger partial charge in [0.2, 0.25) is 5.16 Å². The third-order valence-corrected chi connectivity index (χ3v) is 4.37. The number of H-pyrrole nitrogens is 2. The maximum Gasteiger partial charge on any atom is 0.313 e. The molecule has 5 N–H and O–H groups in total. The summed E-state index contributed by atoms with van der Waals surface area (Å²) in [4.78, 5) is 18.1. The summed E-state index contributed by atoms with van der Waals surface area (Å²) in [6, 6.07) is 11.2. The van der Waals surface area contributed by atoms with Gasteiger partial charge in [0.1, 0.15) is 0 Å². The first-order valence-corrected chi connectivity index (χ1v) is 8.33. The van der Waals surface area contributed by atoms with Crippen LogP contribution >= 0.6 is 11.8 Å². The van der Waals surface area contributed by atoms with Crippen molar-refractivity contribution >= 4 is 34.3 Å². The van der Waals surface area contributed by atoms with E-state index < -0.39 is 5.97 Å². The average Bonchev–Trinajstić information content (AvgIpc) is 3.30. The van der Waals surface area contributed by atoms with Crippen molar-refractivity contribution in [2.75, 3.05) is 11.5 Å². The number of carboxylic acids is 1. The summed E-state index contributed by atoms with van der Waals surface area (Å²) in [5, 5.41) is 16.8. The first-order valence-electron chi connectivity index (χ1n) is 7.34. The lowest BCUT2D eigenvalue weighted by Crippen LogP contribution is -1.97. The van der Waals surface area contributed by atoms with Crippen LogP contribution in [-0.4, -0.2) is 37.0 Å². The Balaban J connectivity index is 1.60. The molecule has 0 saturated heterocycles. The van der Waals surface area contributed by atoms with E-state index in [0.717, 1.165) is 28.4 Å². The molecule has 0 radical (unpaired) electrons. The normalized spacial score (nSPS) is 11.2. The molecular weight excluding hydrogens is 342 g/mol. The molecule has 0 atom stereocenters. The molecule has 0 aliphatic carbocycles. The minimum Gasteiger partial charge on any atom is -0.481 e. The molecule has 3 heterocycles. The number of rotatable bonds is 5. The van der Waals surface area contributed by atoms with Gasteiger partial charge >= 0.3 is 5.97 Å². The number of furan rings is 1. The highest BCUT2D eigenvalue weighted by molar-refractivity contribution is 7.99. The lowest BCUT2D eigenvalue weighted by Gasteiger charge is -1.92. The van der Waals surface area contributed by atoms with Crippen molar-refractivity contribution < 1.29 is 14.3 Å². The van der Waals surface area contributed by atoms with Crippen LogP contribution in [0.15, 0.2) is 46.0 Å². The molecular formula is C16H13N5O3S. The van der Waals surface area contributed by atoms with Gasteiger partial charge in [0.25, 0.3) is 0 Å². The van der Waals surface area contributed by atoms with Gasteiger partial charge in [0.05, 0.1) is 11.4 Å². The molecule has 3 aromatic heterocycles. The lowest BCUT2D eigenvalue weighted by atomic mass is 10.2. The van der Waals surface area contributed by atoms with Crippen LogP contribution < -0.4 is 5.73 Å². The summed E-state index contributed by atoms with van der Waals surface area (Å²) >= 11 is 1.04. The van der Waals surface area contributed by atoms with E-state index in [9.17, 15) is 4.79 Å². The SMILES string of the molecule is Nc1ccc2[nH]c(-c3ccc(-c4nc(SCC(=O)O)n[nH]4)o3)cc2c1. The number of thioether (sulfide) groups is 1. The third kappa shape index (κ3) is 3.09.